The number of nitrogens with zero attached hydrogens (tertiary/aromatic N) is 1. The Labute approximate surface area is 131 Å². The van der Waals surface area contributed by atoms with Crippen LogP contribution in [-0.4, -0.2) is 18.1 Å². The highest BCUT2D eigenvalue weighted by Gasteiger charge is 2.03. The Morgan fingerprint density at radius 2 is 2.19 bits per heavy atom. The molecule has 0 unspecified atom stereocenters. The summed E-state index contributed by atoms with van der Waals surface area (Å²) in [7, 11) is 0. The summed E-state index contributed by atoms with van der Waals surface area (Å²) in [5.41, 5.74) is 1.31. The molecular weight excluding hydrogens is 280 g/mol. The summed E-state index contributed by atoms with van der Waals surface area (Å²) in [6.07, 6.45) is 5.04. The summed E-state index contributed by atoms with van der Waals surface area (Å²) in [4.78, 5) is 5.76. The third kappa shape index (κ3) is 5.48. The number of nitrogens with one attached hydrogen (secondary N) is 1. The zero-order valence-electron chi connectivity index (χ0n) is 12.9. The van der Waals surface area contributed by atoms with Crippen LogP contribution in [0.5, 0.6) is 5.75 Å². The highest BCUT2D eigenvalue weighted by molar-refractivity contribution is 7.11. The lowest BCUT2D eigenvalue weighted by molar-refractivity contribution is 0.321. The molecule has 1 N–H and O–H groups in total. The monoisotopic (exact) mass is 304 g/mol. The normalized spacial score (nSPS) is 10.8. The van der Waals surface area contributed by atoms with Crippen LogP contribution in [0.15, 0.2) is 30.5 Å². The molecule has 0 aliphatic carbocycles. The number of benzene rings is 1. The fourth-order valence-corrected chi connectivity index (χ4v) is 2.92. The minimum atomic E-state index is 0.683. The van der Waals surface area contributed by atoms with E-state index in [0.29, 0.717) is 6.61 Å². The highest BCUT2D eigenvalue weighted by atomic mass is 32.1. The Kier molecular flexibility index (Phi) is 6.70. The molecule has 21 heavy (non-hydrogen) atoms. The molecule has 3 nitrogen and oxygen atoms in total. The molecule has 0 aliphatic heterocycles. The van der Waals surface area contributed by atoms with Gasteiger partial charge in [-0.2, -0.15) is 0 Å². The van der Waals surface area contributed by atoms with Crippen LogP contribution in [0, 0.1) is 0 Å². The fraction of sp³-hybridized carbons (Fsp3) is 0.471. The lowest BCUT2D eigenvalue weighted by Gasteiger charge is -2.06. The van der Waals surface area contributed by atoms with E-state index in [2.05, 4.69) is 42.3 Å². The highest BCUT2D eigenvalue weighted by Crippen LogP contribution is 2.16. The third-order valence-electron chi connectivity index (χ3n) is 3.22. The predicted molar refractivity (Wildman–Crippen MR) is 89.1 cm³/mol. The molecular formula is C17H24N2OS. The summed E-state index contributed by atoms with van der Waals surface area (Å²) in [5, 5.41) is 4.55. The van der Waals surface area contributed by atoms with Gasteiger partial charge in [-0.15, -0.1) is 11.3 Å². The number of aromatic nitrogens is 1. The van der Waals surface area contributed by atoms with Gasteiger partial charge >= 0.3 is 0 Å². The van der Waals surface area contributed by atoms with Crippen molar-refractivity contribution in [3.8, 4) is 5.75 Å². The van der Waals surface area contributed by atoms with Gasteiger partial charge in [0.1, 0.15) is 5.75 Å². The third-order valence-corrected chi connectivity index (χ3v) is 4.28. The molecule has 0 aliphatic rings. The van der Waals surface area contributed by atoms with E-state index in [9.17, 15) is 0 Å². The van der Waals surface area contributed by atoms with Crippen LogP contribution in [0.3, 0.4) is 0 Å². The van der Waals surface area contributed by atoms with E-state index < -0.39 is 0 Å². The van der Waals surface area contributed by atoms with Crippen LogP contribution in [0.2, 0.25) is 0 Å². The molecule has 4 heteroatoms. The van der Waals surface area contributed by atoms with Crippen molar-refractivity contribution < 1.29 is 4.74 Å². The lowest BCUT2D eigenvalue weighted by Crippen LogP contribution is -2.12. The Bertz CT molecular complexity index is 539. The molecule has 2 aromatic rings. The molecule has 0 amide bonds. The molecule has 1 heterocycles. The second-order valence-corrected chi connectivity index (χ2v) is 6.20. The van der Waals surface area contributed by atoms with Crippen LogP contribution < -0.4 is 10.1 Å². The number of ether oxygens (including phenoxy) is 1. The SMILES string of the molecule is CCCNCc1cnc(CCOc2cccc(CC)c2)s1. The summed E-state index contributed by atoms with van der Waals surface area (Å²) in [6.45, 7) is 7.00. The van der Waals surface area contributed by atoms with Gasteiger partial charge < -0.3 is 10.1 Å². The standard InChI is InChI=1S/C17H24N2OS/c1-3-9-18-12-16-13-19-17(21-16)8-10-20-15-7-5-6-14(4-2)11-15/h5-7,11,13,18H,3-4,8-10,12H2,1-2H3. The van der Waals surface area contributed by atoms with Gasteiger partial charge in [-0.25, -0.2) is 4.98 Å². The number of hydrogen-bond donors (Lipinski definition) is 1. The van der Waals surface area contributed by atoms with Crippen LogP contribution in [0.25, 0.3) is 0 Å². The van der Waals surface area contributed by atoms with Crippen molar-refractivity contribution in [1.29, 1.82) is 0 Å². The molecule has 0 atom stereocenters. The molecule has 1 aromatic heterocycles. The van der Waals surface area contributed by atoms with Crippen molar-refractivity contribution in [1.82, 2.24) is 10.3 Å². The molecule has 0 radical (unpaired) electrons. The van der Waals surface area contributed by atoms with E-state index in [1.54, 1.807) is 11.3 Å². The van der Waals surface area contributed by atoms with Gasteiger partial charge in [0.2, 0.25) is 0 Å². The molecule has 0 saturated heterocycles. The Balaban J connectivity index is 1.75. The molecule has 0 spiro atoms. The van der Waals surface area contributed by atoms with Gasteiger partial charge in [-0.3, -0.25) is 0 Å². The van der Waals surface area contributed by atoms with Crippen molar-refractivity contribution in [2.24, 2.45) is 0 Å². The average molecular weight is 304 g/mol. The quantitative estimate of drug-likeness (QED) is 0.715. The van der Waals surface area contributed by atoms with Crippen molar-refractivity contribution >= 4 is 11.3 Å². The second-order valence-electron chi connectivity index (χ2n) is 5.00. The van der Waals surface area contributed by atoms with Crippen LogP contribution in [0.1, 0.15) is 35.7 Å². The number of rotatable bonds is 9. The van der Waals surface area contributed by atoms with Crippen molar-refractivity contribution in [3.05, 3.63) is 45.9 Å². The van der Waals surface area contributed by atoms with Gasteiger partial charge in [0.15, 0.2) is 0 Å². The maximum Gasteiger partial charge on any atom is 0.119 e. The molecule has 0 bridgehead atoms. The largest absolute Gasteiger partial charge is 0.493 e. The number of aryl methyl sites for hydroxylation is 1. The summed E-state index contributed by atoms with van der Waals surface area (Å²) in [6, 6.07) is 8.31. The molecule has 0 fully saturated rings. The fourth-order valence-electron chi connectivity index (χ4n) is 2.05. The number of thiazole rings is 1. The molecule has 114 valence electrons. The summed E-state index contributed by atoms with van der Waals surface area (Å²) in [5.74, 6) is 0.954. The summed E-state index contributed by atoms with van der Waals surface area (Å²) < 4.78 is 5.81. The first kappa shape index (κ1) is 16.0. The maximum absolute atomic E-state index is 5.81. The second kappa shape index (κ2) is 8.80. The molecule has 2 rings (SSSR count). The van der Waals surface area contributed by atoms with E-state index in [-0.39, 0.29) is 0 Å². The smallest absolute Gasteiger partial charge is 0.119 e. The zero-order valence-corrected chi connectivity index (χ0v) is 13.7. The lowest BCUT2D eigenvalue weighted by atomic mass is 10.2. The van der Waals surface area contributed by atoms with Crippen molar-refractivity contribution in [2.75, 3.05) is 13.2 Å². The van der Waals surface area contributed by atoms with Gasteiger partial charge in [0.05, 0.1) is 11.6 Å². The number of hydrogen-bond acceptors (Lipinski definition) is 4. The Hall–Kier alpha value is -1.39. The Morgan fingerprint density at radius 3 is 3.00 bits per heavy atom. The first-order valence-corrected chi connectivity index (χ1v) is 8.49. The minimum absolute atomic E-state index is 0.683. The van der Waals surface area contributed by atoms with Gasteiger partial charge in [-0.05, 0) is 37.1 Å². The first-order chi connectivity index (χ1) is 10.3. The van der Waals surface area contributed by atoms with E-state index in [4.69, 9.17) is 4.74 Å². The zero-order chi connectivity index (χ0) is 14.9. The van der Waals surface area contributed by atoms with E-state index in [1.807, 2.05) is 12.3 Å². The van der Waals surface area contributed by atoms with Crippen LogP contribution in [-0.2, 0) is 19.4 Å². The van der Waals surface area contributed by atoms with E-state index >= 15 is 0 Å². The van der Waals surface area contributed by atoms with Crippen molar-refractivity contribution in [2.45, 2.75) is 39.7 Å². The maximum atomic E-state index is 5.81. The van der Waals surface area contributed by atoms with Gasteiger partial charge in [0.25, 0.3) is 0 Å². The minimum Gasteiger partial charge on any atom is -0.493 e. The van der Waals surface area contributed by atoms with Crippen LogP contribution >= 0.6 is 11.3 Å². The molecule has 0 saturated carbocycles. The van der Waals surface area contributed by atoms with E-state index in [1.165, 1.54) is 10.4 Å². The van der Waals surface area contributed by atoms with Crippen LogP contribution in [0.4, 0.5) is 0 Å². The topological polar surface area (TPSA) is 34.2 Å². The average Bonchev–Trinajstić information content (AvgIpc) is 2.96. The summed E-state index contributed by atoms with van der Waals surface area (Å²) >= 11 is 1.77. The van der Waals surface area contributed by atoms with Crippen molar-refractivity contribution in [3.63, 3.8) is 0 Å². The Morgan fingerprint density at radius 1 is 1.29 bits per heavy atom. The molecule has 1 aromatic carbocycles. The first-order valence-electron chi connectivity index (χ1n) is 7.67. The predicted octanol–water partition coefficient (Wildman–Crippen LogP) is 3.83. The van der Waals surface area contributed by atoms with E-state index in [0.717, 1.165) is 43.1 Å². The van der Waals surface area contributed by atoms with Gasteiger partial charge in [0, 0.05) is 24.0 Å². The van der Waals surface area contributed by atoms with Gasteiger partial charge in [-0.1, -0.05) is 26.0 Å².